The van der Waals surface area contributed by atoms with E-state index in [9.17, 15) is 0 Å². The first-order chi connectivity index (χ1) is 13.2. The van der Waals surface area contributed by atoms with E-state index in [1.807, 2.05) is 6.07 Å². The number of benzene rings is 1. The Labute approximate surface area is 163 Å². The van der Waals surface area contributed by atoms with Crippen LogP contribution in [0, 0.1) is 6.92 Å². The molecule has 1 aliphatic rings. The average molecular weight is 382 g/mol. The predicted molar refractivity (Wildman–Crippen MR) is 108 cm³/mol. The SMILES string of the molecule is COc1cncc(N2CCN(Cc3sc(-c4ccccc4)nc3C)CC2)n1. The third-order valence-corrected chi connectivity index (χ3v) is 5.98. The van der Waals surface area contributed by atoms with E-state index in [-0.39, 0.29) is 0 Å². The van der Waals surface area contributed by atoms with Crippen LogP contribution in [0.2, 0.25) is 0 Å². The second-order valence-corrected chi connectivity index (χ2v) is 7.66. The number of methoxy groups -OCH3 is 1. The lowest BCUT2D eigenvalue weighted by atomic mass is 10.2. The van der Waals surface area contributed by atoms with Gasteiger partial charge in [0.2, 0.25) is 5.88 Å². The monoisotopic (exact) mass is 381 g/mol. The number of ether oxygens (including phenoxy) is 1. The van der Waals surface area contributed by atoms with Gasteiger partial charge in [-0.2, -0.15) is 4.98 Å². The predicted octanol–water partition coefficient (Wildman–Crippen LogP) is 3.24. The molecule has 0 saturated carbocycles. The van der Waals surface area contributed by atoms with Gasteiger partial charge in [0.05, 0.1) is 25.2 Å². The molecule has 1 saturated heterocycles. The van der Waals surface area contributed by atoms with E-state index in [0.29, 0.717) is 5.88 Å². The van der Waals surface area contributed by atoms with E-state index >= 15 is 0 Å². The van der Waals surface area contributed by atoms with Gasteiger partial charge >= 0.3 is 0 Å². The smallest absolute Gasteiger partial charge is 0.233 e. The average Bonchev–Trinajstić information content (AvgIpc) is 3.09. The van der Waals surface area contributed by atoms with Crippen LogP contribution in [-0.4, -0.2) is 53.1 Å². The quantitative estimate of drug-likeness (QED) is 0.676. The first-order valence-electron chi connectivity index (χ1n) is 9.08. The zero-order valence-electron chi connectivity index (χ0n) is 15.6. The second kappa shape index (κ2) is 8.02. The summed E-state index contributed by atoms with van der Waals surface area (Å²) in [7, 11) is 1.62. The Kier molecular flexibility index (Phi) is 5.31. The van der Waals surface area contributed by atoms with Gasteiger partial charge in [-0.3, -0.25) is 9.88 Å². The molecule has 0 unspecified atom stereocenters. The van der Waals surface area contributed by atoms with Crippen LogP contribution in [-0.2, 0) is 6.54 Å². The molecular formula is C20H23N5OS. The van der Waals surface area contributed by atoms with Crippen molar-refractivity contribution in [1.82, 2.24) is 19.9 Å². The van der Waals surface area contributed by atoms with Crippen molar-refractivity contribution in [3.63, 3.8) is 0 Å². The van der Waals surface area contributed by atoms with Crippen molar-refractivity contribution < 1.29 is 4.74 Å². The third kappa shape index (κ3) is 4.09. The summed E-state index contributed by atoms with van der Waals surface area (Å²) in [6, 6.07) is 10.4. The molecule has 1 fully saturated rings. The minimum atomic E-state index is 0.559. The largest absolute Gasteiger partial charge is 0.480 e. The fourth-order valence-corrected chi connectivity index (χ4v) is 4.32. The minimum Gasteiger partial charge on any atom is -0.480 e. The van der Waals surface area contributed by atoms with Crippen molar-refractivity contribution >= 4 is 17.2 Å². The van der Waals surface area contributed by atoms with E-state index in [0.717, 1.165) is 49.2 Å². The molecule has 4 rings (SSSR count). The maximum Gasteiger partial charge on any atom is 0.233 e. The molecule has 140 valence electrons. The maximum absolute atomic E-state index is 5.18. The van der Waals surface area contributed by atoms with Crippen LogP contribution in [0.1, 0.15) is 10.6 Å². The summed E-state index contributed by atoms with van der Waals surface area (Å²) < 4.78 is 5.18. The summed E-state index contributed by atoms with van der Waals surface area (Å²) in [5.41, 5.74) is 2.33. The van der Waals surface area contributed by atoms with Crippen LogP contribution in [0.4, 0.5) is 5.82 Å². The van der Waals surface area contributed by atoms with Gasteiger partial charge in [0, 0.05) is 43.2 Å². The van der Waals surface area contributed by atoms with Gasteiger partial charge < -0.3 is 9.64 Å². The minimum absolute atomic E-state index is 0.559. The van der Waals surface area contributed by atoms with Crippen LogP contribution in [0.3, 0.4) is 0 Å². The molecule has 0 N–H and O–H groups in total. The fraction of sp³-hybridized carbons (Fsp3) is 0.350. The molecule has 0 bridgehead atoms. The number of piperazine rings is 1. The van der Waals surface area contributed by atoms with E-state index in [1.165, 1.54) is 10.4 Å². The highest BCUT2D eigenvalue weighted by Crippen LogP contribution is 2.29. The van der Waals surface area contributed by atoms with E-state index in [4.69, 9.17) is 9.72 Å². The molecular weight excluding hydrogens is 358 g/mol. The standard InChI is InChI=1S/C20H23N5OS/c1-15-17(27-20(22-15)16-6-4-3-5-7-16)14-24-8-10-25(11-9-24)18-12-21-13-19(23-18)26-2/h3-7,12-13H,8-11,14H2,1-2H3. The second-order valence-electron chi connectivity index (χ2n) is 6.58. The number of hydrogen-bond acceptors (Lipinski definition) is 7. The number of rotatable bonds is 5. The van der Waals surface area contributed by atoms with Crippen LogP contribution < -0.4 is 9.64 Å². The Hall–Kier alpha value is -2.51. The van der Waals surface area contributed by atoms with Gasteiger partial charge in [0.25, 0.3) is 0 Å². The van der Waals surface area contributed by atoms with E-state index in [2.05, 4.69) is 51.0 Å². The van der Waals surface area contributed by atoms with Crippen molar-refractivity contribution in [1.29, 1.82) is 0 Å². The summed E-state index contributed by atoms with van der Waals surface area (Å²) in [5.74, 6) is 1.44. The number of aromatic nitrogens is 3. The highest BCUT2D eigenvalue weighted by Gasteiger charge is 2.20. The van der Waals surface area contributed by atoms with Crippen LogP contribution in [0.15, 0.2) is 42.7 Å². The van der Waals surface area contributed by atoms with E-state index < -0.39 is 0 Å². The lowest BCUT2D eigenvalue weighted by Gasteiger charge is -2.35. The zero-order chi connectivity index (χ0) is 18.6. The van der Waals surface area contributed by atoms with Crippen molar-refractivity contribution in [2.45, 2.75) is 13.5 Å². The van der Waals surface area contributed by atoms with Crippen LogP contribution in [0.25, 0.3) is 10.6 Å². The molecule has 0 atom stereocenters. The number of hydrogen-bond donors (Lipinski definition) is 0. The Morgan fingerprint density at radius 2 is 1.81 bits per heavy atom. The molecule has 0 aliphatic carbocycles. The Morgan fingerprint density at radius 1 is 1.04 bits per heavy atom. The number of thiazole rings is 1. The van der Waals surface area contributed by atoms with Gasteiger partial charge in [-0.05, 0) is 6.92 Å². The summed E-state index contributed by atoms with van der Waals surface area (Å²) in [5, 5.41) is 1.10. The molecule has 0 spiro atoms. The summed E-state index contributed by atoms with van der Waals surface area (Å²) in [6.45, 7) is 6.93. The molecule has 2 aromatic heterocycles. The summed E-state index contributed by atoms with van der Waals surface area (Å²) in [4.78, 5) is 19.6. The fourth-order valence-electron chi connectivity index (χ4n) is 3.21. The third-order valence-electron chi connectivity index (χ3n) is 4.79. The molecule has 27 heavy (non-hydrogen) atoms. The van der Waals surface area contributed by atoms with Crippen LogP contribution in [0.5, 0.6) is 5.88 Å². The topological polar surface area (TPSA) is 54.4 Å². The van der Waals surface area contributed by atoms with Crippen molar-refractivity contribution in [3.8, 4) is 16.5 Å². The molecule has 1 aromatic carbocycles. The van der Waals surface area contributed by atoms with Gasteiger partial charge in [-0.1, -0.05) is 30.3 Å². The van der Waals surface area contributed by atoms with Gasteiger partial charge in [-0.15, -0.1) is 11.3 Å². The Balaban J connectivity index is 1.39. The van der Waals surface area contributed by atoms with Gasteiger partial charge in [0.15, 0.2) is 5.82 Å². The zero-order valence-corrected chi connectivity index (χ0v) is 16.4. The number of aryl methyl sites for hydroxylation is 1. The number of nitrogens with zero attached hydrogens (tertiary/aromatic N) is 5. The molecule has 7 heteroatoms. The highest BCUT2D eigenvalue weighted by atomic mass is 32.1. The normalized spacial score (nSPS) is 15.1. The lowest BCUT2D eigenvalue weighted by Crippen LogP contribution is -2.46. The first kappa shape index (κ1) is 17.9. The molecule has 0 amide bonds. The van der Waals surface area contributed by atoms with Crippen molar-refractivity contribution in [2.75, 3.05) is 38.2 Å². The molecule has 3 aromatic rings. The highest BCUT2D eigenvalue weighted by molar-refractivity contribution is 7.15. The molecule has 6 nitrogen and oxygen atoms in total. The Morgan fingerprint density at radius 3 is 2.56 bits per heavy atom. The molecule has 3 heterocycles. The van der Waals surface area contributed by atoms with Gasteiger partial charge in [-0.25, -0.2) is 4.98 Å². The maximum atomic E-state index is 5.18. The van der Waals surface area contributed by atoms with Gasteiger partial charge in [0.1, 0.15) is 5.01 Å². The van der Waals surface area contributed by atoms with E-state index in [1.54, 1.807) is 30.8 Å². The van der Waals surface area contributed by atoms with Crippen molar-refractivity contribution in [2.24, 2.45) is 0 Å². The summed E-state index contributed by atoms with van der Waals surface area (Å²) in [6.07, 6.45) is 3.44. The lowest BCUT2D eigenvalue weighted by molar-refractivity contribution is 0.250. The summed E-state index contributed by atoms with van der Waals surface area (Å²) >= 11 is 1.80. The Bertz CT molecular complexity index is 890. The van der Waals surface area contributed by atoms with Crippen LogP contribution >= 0.6 is 11.3 Å². The number of anilines is 1. The first-order valence-corrected chi connectivity index (χ1v) is 9.89. The van der Waals surface area contributed by atoms with Crippen molar-refractivity contribution in [3.05, 3.63) is 53.3 Å². The molecule has 0 radical (unpaired) electrons. The molecule has 1 aliphatic heterocycles.